The molecule has 6 heteroatoms. The SMILES string of the molecule is CC1(C(=O)NCC(O)c2ccc(Cl)cc2Cl)CCCS1. The summed E-state index contributed by atoms with van der Waals surface area (Å²) >= 11 is 13.5. The van der Waals surface area contributed by atoms with Gasteiger partial charge in [0, 0.05) is 22.2 Å². The predicted octanol–water partition coefficient (Wildman–Crippen LogP) is 3.43. The van der Waals surface area contributed by atoms with E-state index in [0.717, 1.165) is 18.6 Å². The van der Waals surface area contributed by atoms with E-state index < -0.39 is 6.10 Å². The van der Waals surface area contributed by atoms with Crippen LogP contribution < -0.4 is 5.32 Å². The van der Waals surface area contributed by atoms with Crippen molar-refractivity contribution >= 4 is 40.9 Å². The highest BCUT2D eigenvalue weighted by Gasteiger charge is 2.37. The molecule has 110 valence electrons. The molecule has 1 aromatic rings. The second-order valence-electron chi connectivity index (χ2n) is 5.07. The zero-order valence-corrected chi connectivity index (χ0v) is 13.5. The van der Waals surface area contributed by atoms with Gasteiger partial charge in [-0.15, -0.1) is 11.8 Å². The van der Waals surface area contributed by atoms with Gasteiger partial charge in [-0.2, -0.15) is 0 Å². The molecule has 0 spiro atoms. The number of rotatable bonds is 4. The van der Waals surface area contributed by atoms with Crippen molar-refractivity contribution in [1.29, 1.82) is 0 Å². The van der Waals surface area contributed by atoms with Gasteiger partial charge < -0.3 is 10.4 Å². The van der Waals surface area contributed by atoms with Crippen molar-refractivity contribution in [2.75, 3.05) is 12.3 Å². The third kappa shape index (κ3) is 3.61. The minimum atomic E-state index is -0.835. The molecule has 2 unspecified atom stereocenters. The molecule has 0 saturated carbocycles. The fourth-order valence-corrected chi connectivity index (χ4v) is 3.98. The van der Waals surface area contributed by atoms with Crippen LogP contribution in [0.4, 0.5) is 0 Å². The lowest BCUT2D eigenvalue weighted by molar-refractivity contribution is -0.123. The van der Waals surface area contributed by atoms with Gasteiger partial charge in [-0.05, 0) is 37.7 Å². The fraction of sp³-hybridized carbons (Fsp3) is 0.500. The van der Waals surface area contributed by atoms with E-state index in [9.17, 15) is 9.90 Å². The number of thioether (sulfide) groups is 1. The summed E-state index contributed by atoms with van der Waals surface area (Å²) in [5, 5.41) is 13.8. The molecule has 0 aromatic heterocycles. The van der Waals surface area contributed by atoms with Gasteiger partial charge in [0.05, 0.1) is 10.9 Å². The van der Waals surface area contributed by atoms with Crippen molar-refractivity contribution in [3.05, 3.63) is 33.8 Å². The Labute approximate surface area is 133 Å². The number of carbonyl (C=O) groups excluding carboxylic acids is 1. The van der Waals surface area contributed by atoms with E-state index >= 15 is 0 Å². The molecule has 0 aliphatic carbocycles. The summed E-state index contributed by atoms with van der Waals surface area (Å²) in [6.45, 7) is 2.10. The van der Waals surface area contributed by atoms with E-state index in [2.05, 4.69) is 5.32 Å². The lowest BCUT2D eigenvalue weighted by Crippen LogP contribution is -2.42. The lowest BCUT2D eigenvalue weighted by Gasteiger charge is -2.23. The van der Waals surface area contributed by atoms with E-state index in [-0.39, 0.29) is 17.2 Å². The normalized spacial score (nSPS) is 23.6. The summed E-state index contributed by atoms with van der Waals surface area (Å²) in [6, 6.07) is 4.92. The van der Waals surface area contributed by atoms with Crippen LogP contribution in [0.15, 0.2) is 18.2 Å². The summed E-state index contributed by atoms with van der Waals surface area (Å²) in [4.78, 5) is 12.1. The van der Waals surface area contributed by atoms with Crippen molar-refractivity contribution < 1.29 is 9.90 Å². The second kappa shape index (κ2) is 6.56. The first-order chi connectivity index (χ1) is 9.42. The lowest BCUT2D eigenvalue weighted by atomic mass is 10.0. The molecule has 2 rings (SSSR count). The summed E-state index contributed by atoms with van der Waals surface area (Å²) in [5.41, 5.74) is 0.570. The Hall–Kier alpha value is -0.420. The average molecular weight is 334 g/mol. The number of halogens is 2. The summed E-state index contributed by atoms with van der Waals surface area (Å²) in [5.74, 6) is 0.985. The molecule has 1 heterocycles. The summed E-state index contributed by atoms with van der Waals surface area (Å²) < 4.78 is -0.372. The highest BCUT2D eigenvalue weighted by Crippen LogP contribution is 2.37. The predicted molar refractivity (Wildman–Crippen MR) is 84.5 cm³/mol. The number of benzene rings is 1. The van der Waals surface area contributed by atoms with Gasteiger partial charge in [0.1, 0.15) is 0 Å². The molecule has 0 radical (unpaired) electrons. The minimum absolute atomic E-state index is 0.0239. The number of carbonyl (C=O) groups is 1. The second-order valence-corrected chi connectivity index (χ2v) is 7.52. The van der Waals surface area contributed by atoms with Gasteiger partial charge in [0.25, 0.3) is 0 Å². The first-order valence-electron chi connectivity index (χ1n) is 6.48. The molecule has 1 aliphatic rings. The maximum Gasteiger partial charge on any atom is 0.236 e. The van der Waals surface area contributed by atoms with Gasteiger partial charge in [-0.25, -0.2) is 0 Å². The number of nitrogens with one attached hydrogen (secondary N) is 1. The van der Waals surface area contributed by atoms with Crippen LogP contribution in [0.5, 0.6) is 0 Å². The minimum Gasteiger partial charge on any atom is -0.387 e. The molecule has 1 saturated heterocycles. The largest absolute Gasteiger partial charge is 0.387 e. The van der Waals surface area contributed by atoms with Crippen LogP contribution in [-0.4, -0.2) is 28.1 Å². The Bertz CT molecular complexity index is 504. The first-order valence-corrected chi connectivity index (χ1v) is 8.22. The van der Waals surface area contributed by atoms with Crippen LogP contribution in [0.2, 0.25) is 10.0 Å². The van der Waals surface area contributed by atoms with Crippen molar-refractivity contribution in [1.82, 2.24) is 5.32 Å². The van der Waals surface area contributed by atoms with Crippen molar-refractivity contribution in [2.45, 2.75) is 30.6 Å². The van der Waals surface area contributed by atoms with Gasteiger partial charge >= 0.3 is 0 Å². The molecule has 0 bridgehead atoms. The molecule has 1 fully saturated rings. The summed E-state index contributed by atoms with van der Waals surface area (Å²) in [6.07, 6.45) is 1.10. The monoisotopic (exact) mass is 333 g/mol. The first kappa shape index (κ1) is 16.0. The van der Waals surface area contributed by atoms with Crippen molar-refractivity contribution in [3.63, 3.8) is 0 Å². The maximum atomic E-state index is 12.1. The quantitative estimate of drug-likeness (QED) is 0.887. The van der Waals surface area contributed by atoms with Crippen LogP contribution in [0, 0.1) is 0 Å². The van der Waals surface area contributed by atoms with Gasteiger partial charge in [-0.1, -0.05) is 29.3 Å². The van der Waals surface area contributed by atoms with E-state index in [1.807, 2.05) is 6.92 Å². The molecule has 20 heavy (non-hydrogen) atoms. The zero-order chi connectivity index (χ0) is 14.8. The van der Waals surface area contributed by atoms with Crippen molar-refractivity contribution in [3.8, 4) is 0 Å². The van der Waals surface area contributed by atoms with Crippen LogP contribution in [-0.2, 0) is 4.79 Å². The molecule has 1 aliphatic heterocycles. The molecular formula is C14H17Cl2NO2S. The molecule has 1 aromatic carbocycles. The smallest absolute Gasteiger partial charge is 0.236 e. The van der Waals surface area contributed by atoms with E-state index in [1.165, 1.54) is 0 Å². The number of amides is 1. The van der Waals surface area contributed by atoms with Crippen LogP contribution >= 0.6 is 35.0 Å². The average Bonchev–Trinajstić information content (AvgIpc) is 2.84. The molecule has 2 N–H and O–H groups in total. The highest BCUT2D eigenvalue weighted by molar-refractivity contribution is 8.01. The van der Waals surface area contributed by atoms with Gasteiger partial charge in [0.2, 0.25) is 5.91 Å². The molecule has 1 amide bonds. The Morgan fingerprint density at radius 2 is 2.30 bits per heavy atom. The zero-order valence-electron chi connectivity index (χ0n) is 11.2. The van der Waals surface area contributed by atoms with Gasteiger partial charge in [-0.3, -0.25) is 4.79 Å². The van der Waals surface area contributed by atoms with Crippen molar-refractivity contribution in [2.24, 2.45) is 0 Å². The number of hydrogen-bond acceptors (Lipinski definition) is 3. The van der Waals surface area contributed by atoms with E-state index in [4.69, 9.17) is 23.2 Å². The number of aliphatic hydroxyl groups excluding tert-OH is 1. The van der Waals surface area contributed by atoms with Crippen LogP contribution in [0.1, 0.15) is 31.4 Å². The maximum absolute atomic E-state index is 12.1. The van der Waals surface area contributed by atoms with E-state index in [1.54, 1.807) is 30.0 Å². The Kier molecular flexibility index (Phi) is 5.24. The third-order valence-electron chi connectivity index (χ3n) is 3.48. The highest BCUT2D eigenvalue weighted by atomic mass is 35.5. The third-order valence-corrected chi connectivity index (χ3v) is 5.56. The van der Waals surface area contributed by atoms with Gasteiger partial charge in [0.15, 0.2) is 0 Å². The standard InChI is InChI=1S/C14H17Cl2NO2S/c1-14(5-2-6-20-14)13(19)17-8-12(18)10-4-3-9(15)7-11(10)16/h3-4,7,12,18H,2,5-6,8H2,1H3,(H,17,19). The summed E-state index contributed by atoms with van der Waals surface area (Å²) in [7, 11) is 0. The molecule has 3 nitrogen and oxygen atoms in total. The Balaban J connectivity index is 1.95. The number of hydrogen-bond donors (Lipinski definition) is 2. The van der Waals surface area contributed by atoms with E-state index in [0.29, 0.717) is 15.6 Å². The number of aliphatic hydroxyl groups is 1. The molecular weight excluding hydrogens is 317 g/mol. The van der Waals surface area contributed by atoms with Crippen LogP contribution in [0.25, 0.3) is 0 Å². The molecule has 2 atom stereocenters. The fourth-order valence-electron chi connectivity index (χ4n) is 2.22. The topological polar surface area (TPSA) is 49.3 Å². The Morgan fingerprint density at radius 1 is 1.55 bits per heavy atom. The Morgan fingerprint density at radius 3 is 2.90 bits per heavy atom. The van der Waals surface area contributed by atoms with Crippen LogP contribution in [0.3, 0.4) is 0 Å².